The molecule has 1 aromatic heterocycles. The molecule has 10 nitrogen and oxygen atoms in total. The van der Waals surface area contributed by atoms with Crippen LogP contribution in [0.5, 0.6) is 5.75 Å². The lowest BCUT2D eigenvalue weighted by Gasteiger charge is -2.41. The first kappa shape index (κ1) is 29.3. The molecule has 0 radical (unpaired) electrons. The van der Waals surface area contributed by atoms with Gasteiger partial charge in [0.05, 0.1) is 31.3 Å². The summed E-state index contributed by atoms with van der Waals surface area (Å²) in [6.45, 7) is 2.62. The van der Waals surface area contributed by atoms with E-state index in [0.29, 0.717) is 57.6 Å². The van der Waals surface area contributed by atoms with E-state index >= 15 is 0 Å². The zero-order valence-electron chi connectivity index (χ0n) is 24.8. The molecule has 3 N–H and O–H groups in total. The van der Waals surface area contributed by atoms with E-state index in [2.05, 4.69) is 10.6 Å². The summed E-state index contributed by atoms with van der Waals surface area (Å²) in [6.07, 6.45) is 6.92. The van der Waals surface area contributed by atoms with Crippen LogP contribution in [0.15, 0.2) is 54.9 Å². The van der Waals surface area contributed by atoms with Gasteiger partial charge in [-0.15, -0.1) is 0 Å². The van der Waals surface area contributed by atoms with Crippen LogP contribution in [0.3, 0.4) is 0 Å². The van der Waals surface area contributed by atoms with Crippen molar-refractivity contribution in [2.45, 2.75) is 62.6 Å². The second kappa shape index (κ2) is 12.9. The van der Waals surface area contributed by atoms with E-state index in [9.17, 15) is 14.7 Å². The molecule has 2 aromatic carbocycles. The lowest BCUT2D eigenvalue weighted by molar-refractivity contribution is -0.116. The number of hydrogen-bond donors (Lipinski definition) is 3. The number of rotatable bonds is 9. The van der Waals surface area contributed by atoms with Crippen molar-refractivity contribution in [1.29, 1.82) is 0 Å². The van der Waals surface area contributed by atoms with Crippen LogP contribution in [0.4, 0.5) is 5.69 Å². The van der Waals surface area contributed by atoms with Gasteiger partial charge < -0.3 is 34.7 Å². The van der Waals surface area contributed by atoms with Gasteiger partial charge in [0, 0.05) is 56.9 Å². The summed E-state index contributed by atoms with van der Waals surface area (Å²) in [6, 6.07) is 15.3. The number of methoxy groups -OCH3 is 1. The first-order valence-electron chi connectivity index (χ1n) is 15.4. The number of nitrogens with one attached hydrogen (secondary N) is 2. The molecule has 0 bridgehead atoms. The first-order valence-corrected chi connectivity index (χ1v) is 15.4. The zero-order valence-corrected chi connectivity index (χ0v) is 24.8. The van der Waals surface area contributed by atoms with Crippen molar-refractivity contribution in [1.82, 2.24) is 19.8 Å². The van der Waals surface area contributed by atoms with Crippen molar-refractivity contribution in [3.63, 3.8) is 0 Å². The van der Waals surface area contributed by atoms with Gasteiger partial charge in [0.25, 0.3) is 5.91 Å². The van der Waals surface area contributed by atoms with E-state index < -0.39 is 5.60 Å². The third-order valence-corrected chi connectivity index (χ3v) is 9.03. The number of hydrogen-bond acceptors (Lipinski definition) is 7. The van der Waals surface area contributed by atoms with Crippen molar-refractivity contribution in [2.75, 3.05) is 45.3 Å². The Bertz CT molecular complexity index is 1440. The summed E-state index contributed by atoms with van der Waals surface area (Å²) in [4.78, 5) is 32.6. The zero-order chi connectivity index (χ0) is 29.8. The number of piperazine rings is 1. The monoisotopic (exact) mass is 587 g/mol. The van der Waals surface area contributed by atoms with Gasteiger partial charge >= 0.3 is 0 Å². The van der Waals surface area contributed by atoms with Gasteiger partial charge in [-0.2, -0.15) is 0 Å². The normalized spacial score (nSPS) is 23.9. The van der Waals surface area contributed by atoms with Gasteiger partial charge in [-0.05, 0) is 43.0 Å². The minimum Gasteiger partial charge on any atom is -0.494 e. The summed E-state index contributed by atoms with van der Waals surface area (Å²) in [5.74, 6) is 0.692. The molecular weight excluding hydrogens is 546 g/mol. The molecule has 3 aromatic rings. The number of fused-ring (bicyclic) bond motifs is 1. The molecule has 1 aliphatic carbocycles. The van der Waals surface area contributed by atoms with Crippen LogP contribution in [0.1, 0.15) is 60.6 Å². The second-order valence-corrected chi connectivity index (χ2v) is 11.9. The van der Waals surface area contributed by atoms with Gasteiger partial charge in [0.15, 0.2) is 5.69 Å². The van der Waals surface area contributed by atoms with Gasteiger partial charge in [0.1, 0.15) is 11.4 Å². The van der Waals surface area contributed by atoms with E-state index in [0.717, 1.165) is 47.5 Å². The van der Waals surface area contributed by atoms with Crippen LogP contribution in [-0.4, -0.2) is 83.0 Å². The maximum Gasteiger partial charge on any atom is 0.275 e. The molecule has 6 rings (SSSR count). The van der Waals surface area contributed by atoms with Crippen LogP contribution in [0.25, 0.3) is 11.3 Å². The molecule has 3 aliphatic rings. The second-order valence-electron chi connectivity index (χ2n) is 11.9. The SMILES string of the molecule is COC[C@]1(O)CCCC[C@H]1n1cnc(C(=O)N2CCNC[C@H]2CCOc2ccc3c(c2)CCC(=O)N3)c1-c1ccccc1. The Balaban J connectivity index is 1.22. The van der Waals surface area contributed by atoms with Crippen LogP contribution in [-0.2, 0) is 16.0 Å². The minimum atomic E-state index is -1.03. The van der Waals surface area contributed by atoms with Gasteiger partial charge in [-0.3, -0.25) is 9.59 Å². The van der Waals surface area contributed by atoms with E-state index in [1.54, 1.807) is 13.4 Å². The summed E-state index contributed by atoms with van der Waals surface area (Å²) < 4.78 is 13.6. The largest absolute Gasteiger partial charge is 0.494 e. The molecule has 3 atom stereocenters. The number of aliphatic hydroxyl groups is 1. The average Bonchev–Trinajstić information content (AvgIpc) is 3.46. The number of carbonyl (C=O) groups excluding carboxylic acids is 2. The molecule has 10 heteroatoms. The molecule has 1 saturated heterocycles. The molecule has 2 aliphatic heterocycles. The quantitative estimate of drug-likeness (QED) is 0.349. The number of nitrogens with zero attached hydrogens (tertiary/aromatic N) is 3. The van der Waals surface area contributed by atoms with Gasteiger partial charge in [-0.25, -0.2) is 4.98 Å². The maximum absolute atomic E-state index is 14.3. The fourth-order valence-electron chi connectivity index (χ4n) is 6.84. The molecular formula is C33H41N5O5. The summed E-state index contributed by atoms with van der Waals surface area (Å²) >= 11 is 0. The molecule has 1 saturated carbocycles. The van der Waals surface area contributed by atoms with Crippen LogP contribution in [0, 0.1) is 0 Å². The molecule has 0 unspecified atom stereocenters. The number of imidazole rings is 1. The van der Waals surface area contributed by atoms with E-state index in [4.69, 9.17) is 14.5 Å². The number of amides is 2. The van der Waals surface area contributed by atoms with Crippen molar-refractivity contribution >= 4 is 17.5 Å². The van der Waals surface area contributed by atoms with E-state index in [1.165, 1.54) is 0 Å². The molecule has 43 heavy (non-hydrogen) atoms. The third kappa shape index (κ3) is 6.18. The highest BCUT2D eigenvalue weighted by Crippen LogP contribution is 2.41. The summed E-state index contributed by atoms with van der Waals surface area (Å²) in [7, 11) is 1.61. The van der Waals surface area contributed by atoms with Crippen molar-refractivity contribution in [2.24, 2.45) is 0 Å². The van der Waals surface area contributed by atoms with Crippen molar-refractivity contribution < 1.29 is 24.2 Å². The number of aromatic nitrogens is 2. The lowest BCUT2D eigenvalue weighted by atomic mass is 9.80. The highest BCUT2D eigenvalue weighted by Gasteiger charge is 2.42. The summed E-state index contributed by atoms with van der Waals surface area (Å²) in [5.41, 5.74) is 2.93. The number of ether oxygens (including phenoxy) is 2. The Hall–Kier alpha value is -3.73. The average molecular weight is 588 g/mol. The smallest absolute Gasteiger partial charge is 0.275 e. The number of anilines is 1. The standard InChI is InChI=1S/C33H41N5O5/c1-42-21-33(41)15-6-5-9-28(33)38-22-35-30(31(38)23-7-3-2-4-8-23)32(40)37-17-16-34-20-25(37)14-18-43-26-11-12-27-24(19-26)10-13-29(39)36-27/h2-4,7-8,11-12,19,22,25,28,34,41H,5-6,9-10,13-18,20-21H2,1H3,(H,36,39)/t25-,28-,33-/m1/s1. The molecule has 0 spiro atoms. The highest BCUT2D eigenvalue weighted by molar-refractivity contribution is 5.98. The number of carbonyl (C=O) groups is 2. The lowest BCUT2D eigenvalue weighted by Crippen LogP contribution is -2.54. The van der Waals surface area contributed by atoms with Gasteiger partial charge in [-0.1, -0.05) is 43.2 Å². The Kier molecular flexibility index (Phi) is 8.78. The Labute approximate surface area is 252 Å². The predicted molar refractivity (Wildman–Crippen MR) is 163 cm³/mol. The third-order valence-electron chi connectivity index (χ3n) is 9.03. The topological polar surface area (TPSA) is 118 Å². The van der Waals surface area contributed by atoms with E-state index in [1.807, 2.05) is 58.0 Å². The fraction of sp³-hybridized carbons (Fsp3) is 0.485. The van der Waals surface area contributed by atoms with Crippen LogP contribution in [0.2, 0.25) is 0 Å². The maximum atomic E-state index is 14.3. The highest BCUT2D eigenvalue weighted by atomic mass is 16.5. The Morgan fingerprint density at radius 2 is 2.02 bits per heavy atom. The fourth-order valence-corrected chi connectivity index (χ4v) is 6.84. The number of aryl methyl sites for hydroxylation is 1. The molecule has 2 amide bonds. The van der Waals surface area contributed by atoms with Crippen LogP contribution < -0.4 is 15.4 Å². The molecule has 3 heterocycles. The predicted octanol–water partition coefficient (Wildman–Crippen LogP) is 3.81. The van der Waals surface area contributed by atoms with E-state index in [-0.39, 0.29) is 30.5 Å². The van der Waals surface area contributed by atoms with Crippen LogP contribution >= 0.6 is 0 Å². The van der Waals surface area contributed by atoms with Crippen molar-refractivity contribution in [3.8, 4) is 17.0 Å². The van der Waals surface area contributed by atoms with Gasteiger partial charge in [0.2, 0.25) is 5.91 Å². The molecule has 228 valence electrons. The number of benzene rings is 2. The summed E-state index contributed by atoms with van der Waals surface area (Å²) in [5, 5.41) is 18.0. The Morgan fingerprint density at radius 3 is 2.86 bits per heavy atom. The first-order chi connectivity index (χ1) is 21.0. The molecule has 2 fully saturated rings. The van der Waals surface area contributed by atoms with Crippen molar-refractivity contribution in [3.05, 3.63) is 66.1 Å². The minimum absolute atomic E-state index is 0.0420. The Morgan fingerprint density at radius 1 is 1.16 bits per heavy atom.